The van der Waals surface area contributed by atoms with Crippen molar-refractivity contribution in [3.8, 4) is 0 Å². The fourth-order valence-electron chi connectivity index (χ4n) is 2.24. The van der Waals surface area contributed by atoms with E-state index in [4.69, 9.17) is 5.11 Å². The van der Waals surface area contributed by atoms with Crippen LogP contribution in [0.4, 0.5) is 0 Å². The lowest BCUT2D eigenvalue weighted by atomic mass is 9.78. The van der Waals surface area contributed by atoms with Crippen LogP contribution in [-0.2, 0) is 4.79 Å². The van der Waals surface area contributed by atoms with Crippen molar-refractivity contribution in [2.75, 3.05) is 19.1 Å². The lowest BCUT2D eigenvalue weighted by molar-refractivity contribution is -0.149. The molecule has 0 aromatic heterocycles. The summed E-state index contributed by atoms with van der Waals surface area (Å²) in [4.78, 5) is 13.2. The van der Waals surface area contributed by atoms with Crippen molar-refractivity contribution in [3.05, 3.63) is 0 Å². The highest BCUT2D eigenvalue weighted by atomic mass is 32.2. The first-order chi connectivity index (χ1) is 7.11. The second-order valence-electron chi connectivity index (χ2n) is 4.27. The Morgan fingerprint density at radius 2 is 2.27 bits per heavy atom. The summed E-state index contributed by atoms with van der Waals surface area (Å²) in [6.07, 6.45) is 5.09. The van der Waals surface area contributed by atoms with E-state index in [1.54, 1.807) is 0 Å². The minimum Gasteiger partial charge on any atom is -0.481 e. The van der Waals surface area contributed by atoms with E-state index in [9.17, 15) is 4.79 Å². The smallest absolute Gasteiger partial charge is 0.308 e. The van der Waals surface area contributed by atoms with E-state index in [1.807, 2.05) is 11.8 Å². The van der Waals surface area contributed by atoms with Gasteiger partial charge in [0.15, 0.2) is 0 Å². The molecule has 15 heavy (non-hydrogen) atoms. The van der Waals surface area contributed by atoms with Crippen molar-refractivity contribution in [2.24, 2.45) is 5.92 Å². The predicted octanol–water partition coefficient (Wildman–Crippen LogP) is 1.92. The third-order valence-corrected chi connectivity index (χ3v) is 4.20. The molecule has 0 aliphatic heterocycles. The zero-order valence-electron chi connectivity index (χ0n) is 9.77. The first-order valence-corrected chi connectivity index (χ1v) is 6.94. The Balaban J connectivity index is 2.51. The molecular formula is C11H21NO2S. The summed E-state index contributed by atoms with van der Waals surface area (Å²) in [6.45, 7) is 2.17. The summed E-state index contributed by atoms with van der Waals surface area (Å²) < 4.78 is 0. The molecule has 1 fully saturated rings. The van der Waals surface area contributed by atoms with Gasteiger partial charge >= 0.3 is 5.97 Å². The molecule has 88 valence electrons. The number of aliphatic carboxylic acids is 1. The quantitative estimate of drug-likeness (QED) is 0.758. The van der Waals surface area contributed by atoms with Gasteiger partial charge < -0.3 is 5.11 Å². The van der Waals surface area contributed by atoms with Gasteiger partial charge in [0.05, 0.1) is 5.92 Å². The Kier molecular flexibility index (Phi) is 4.93. The van der Waals surface area contributed by atoms with Crippen LogP contribution in [0.2, 0.25) is 0 Å². The van der Waals surface area contributed by atoms with Crippen LogP contribution in [0.5, 0.6) is 0 Å². The molecule has 4 heteroatoms. The van der Waals surface area contributed by atoms with Gasteiger partial charge in [0.2, 0.25) is 0 Å². The summed E-state index contributed by atoms with van der Waals surface area (Å²) in [6, 6.07) is 0.784. The third kappa shape index (κ3) is 2.88. The summed E-state index contributed by atoms with van der Waals surface area (Å²) >= 11 is 1.84. The first-order valence-electron chi connectivity index (χ1n) is 5.55. The third-order valence-electron chi connectivity index (χ3n) is 3.48. The molecule has 1 saturated carbocycles. The van der Waals surface area contributed by atoms with Crippen LogP contribution in [0.3, 0.4) is 0 Å². The van der Waals surface area contributed by atoms with E-state index in [1.165, 1.54) is 0 Å². The summed E-state index contributed by atoms with van der Waals surface area (Å²) in [5, 5.41) is 9.01. The SMILES string of the molecule is CCC(CSC)N(C)C1CCC1C(=O)O. The lowest BCUT2D eigenvalue weighted by Crippen LogP contribution is -2.52. The lowest BCUT2D eigenvalue weighted by Gasteiger charge is -2.43. The number of rotatable bonds is 6. The van der Waals surface area contributed by atoms with Gasteiger partial charge in [-0.2, -0.15) is 11.8 Å². The molecule has 3 unspecified atom stereocenters. The van der Waals surface area contributed by atoms with E-state index < -0.39 is 5.97 Å². The van der Waals surface area contributed by atoms with Crippen LogP contribution in [0.25, 0.3) is 0 Å². The van der Waals surface area contributed by atoms with E-state index in [2.05, 4.69) is 25.1 Å². The van der Waals surface area contributed by atoms with E-state index in [-0.39, 0.29) is 12.0 Å². The summed E-state index contributed by atoms with van der Waals surface area (Å²) in [5.41, 5.74) is 0. The maximum atomic E-state index is 10.9. The second kappa shape index (κ2) is 5.75. The van der Waals surface area contributed by atoms with Crippen molar-refractivity contribution in [2.45, 2.75) is 38.3 Å². The van der Waals surface area contributed by atoms with Crippen LogP contribution in [0.15, 0.2) is 0 Å². The van der Waals surface area contributed by atoms with E-state index in [0.717, 1.165) is 25.0 Å². The molecule has 0 amide bonds. The van der Waals surface area contributed by atoms with Gasteiger partial charge in [-0.1, -0.05) is 6.92 Å². The molecule has 3 nitrogen and oxygen atoms in total. The average molecular weight is 231 g/mol. The Morgan fingerprint density at radius 1 is 1.60 bits per heavy atom. The maximum Gasteiger partial charge on any atom is 0.308 e. The Bertz CT molecular complexity index is 223. The largest absolute Gasteiger partial charge is 0.481 e. The molecule has 1 aliphatic carbocycles. The van der Waals surface area contributed by atoms with Gasteiger partial charge in [-0.3, -0.25) is 9.69 Å². The number of hydrogen-bond donors (Lipinski definition) is 1. The second-order valence-corrected chi connectivity index (χ2v) is 5.18. The number of nitrogens with zero attached hydrogens (tertiary/aromatic N) is 1. The topological polar surface area (TPSA) is 40.5 Å². The molecule has 0 aromatic carbocycles. The molecule has 1 N–H and O–H groups in total. The molecule has 0 saturated heterocycles. The summed E-state index contributed by atoms with van der Waals surface area (Å²) in [7, 11) is 2.07. The first kappa shape index (κ1) is 12.8. The van der Waals surface area contributed by atoms with Crippen LogP contribution in [0, 0.1) is 5.92 Å². The highest BCUT2D eigenvalue weighted by Gasteiger charge is 2.40. The van der Waals surface area contributed by atoms with Crippen LogP contribution >= 0.6 is 11.8 Å². The highest BCUT2D eigenvalue weighted by molar-refractivity contribution is 7.98. The van der Waals surface area contributed by atoms with Crippen molar-refractivity contribution in [1.29, 1.82) is 0 Å². The average Bonchev–Trinajstić information content (AvgIpc) is 2.11. The van der Waals surface area contributed by atoms with Gasteiger partial charge in [-0.05, 0) is 32.6 Å². The van der Waals surface area contributed by atoms with Crippen LogP contribution in [-0.4, -0.2) is 47.1 Å². The van der Waals surface area contributed by atoms with Gasteiger partial charge in [0.25, 0.3) is 0 Å². The van der Waals surface area contributed by atoms with Crippen molar-refractivity contribution >= 4 is 17.7 Å². The standard InChI is InChI=1S/C11H21NO2S/c1-4-8(7-15-3)12(2)10-6-5-9(10)11(13)14/h8-10H,4-7H2,1-3H3,(H,13,14). The Labute approximate surface area is 96.2 Å². The van der Waals surface area contributed by atoms with E-state index >= 15 is 0 Å². The highest BCUT2D eigenvalue weighted by Crippen LogP contribution is 2.33. The number of carbonyl (C=O) groups is 1. The van der Waals surface area contributed by atoms with Crippen molar-refractivity contribution in [3.63, 3.8) is 0 Å². The van der Waals surface area contributed by atoms with Gasteiger partial charge in [-0.15, -0.1) is 0 Å². The summed E-state index contributed by atoms with van der Waals surface area (Å²) in [5.74, 6) is 0.332. The molecule has 0 radical (unpaired) electrons. The number of carboxylic acid groups (broad SMARTS) is 1. The molecule has 1 aliphatic rings. The van der Waals surface area contributed by atoms with Crippen molar-refractivity contribution < 1.29 is 9.90 Å². The Morgan fingerprint density at radius 3 is 2.60 bits per heavy atom. The fraction of sp³-hybridized carbons (Fsp3) is 0.909. The number of thioether (sulfide) groups is 1. The minimum atomic E-state index is -0.628. The predicted molar refractivity (Wildman–Crippen MR) is 64.4 cm³/mol. The molecule has 0 spiro atoms. The molecule has 1 rings (SSSR count). The normalized spacial score (nSPS) is 27.5. The Hall–Kier alpha value is -0.220. The van der Waals surface area contributed by atoms with Gasteiger partial charge in [0.1, 0.15) is 0 Å². The van der Waals surface area contributed by atoms with Crippen LogP contribution < -0.4 is 0 Å². The molecule has 0 aromatic rings. The fourth-order valence-corrected chi connectivity index (χ4v) is 3.10. The molecular weight excluding hydrogens is 210 g/mol. The van der Waals surface area contributed by atoms with Gasteiger partial charge in [0, 0.05) is 17.8 Å². The van der Waals surface area contributed by atoms with E-state index in [0.29, 0.717) is 6.04 Å². The van der Waals surface area contributed by atoms with Crippen LogP contribution in [0.1, 0.15) is 26.2 Å². The molecule has 0 heterocycles. The minimum absolute atomic E-state index is 0.133. The monoisotopic (exact) mass is 231 g/mol. The molecule has 3 atom stereocenters. The van der Waals surface area contributed by atoms with Gasteiger partial charge in [-0.25, -0.2) is 0 Å². The number of carboxylic acids is 1. The number of hydrogen-bond acceptors (Lipinski definition) is 3. The zero-order valence-corrected chi connectivity index (χ0v) is 10.6. The molecule has 0 bridgehead atoms. The maximum absolute atomic E-state index is 10.9. The van der Waals surface area contributed by atoms with Crippen molar-refractivity contribution in [1.82, 2.24) is 4.90 Å². The zero-order chi connectivity index (χ0) is 11.4.